The van der Waals surface area contributed by atoms with Gasteiger partial charge in [-0.05, 0) is 43.0 Å². The van der Waals surface area contributed by atoms with Crippen LogP contribution in [0.5, 0.6) is 0 Å². The van der Waals surface area contributed by atoms with Crippen LogP contribution in [0.3, 0.4) is 0 Å². The minimum Gasteiger partial charge on any atom is -0.399 e. The smallest absolute Gasteiger partial charge is 0.0662 e. The lowest BCUT2D eigenvalue weighted by molar-refractivity contribution is 0.324. The minimum atomic E-state index is 0.204. The first-order valence-electron chi connectivity index (χ1n) is 4.98. The van der Waals surface area contributed by atoms with Gasteiger partial charge in [0.05, 0.1) is 12.0 Å². The maximum atomic E-state index is 8.90. The summed E-state index contributed by atoms with van der Waals surface area (Å²) < 4.78 is 0. The molecule has 0 saturated heterocycles. The van der Waals surface area contributed by atoms with Crippen LogP contribution in [-0.2, 0) is 0 Å². The van der Waals surface area contributed by atoms with Gasteiger partial charge in [0.1, 0.15) is 0 Å². The van der Waals surface area contributed by atoms with Gasteiger partial charge in [-0.2, -0.15) is 5.26 Å². The molecule has 2 atom stereocenters. The fourth-order valence-corrected chi connectivity index (χ4v) is 2.09. The Morgan fingerprint density at radius 1 is 1.43 bits per heavy atom. The quantitative estimate of drug-likeness (QED) is 0.685. The number of hydrogen-bond donors (Lipinski definition) is 1. The van der Waals surface area contributed by atoms with Crippen molar-refractivity contribution in [3.8, 4) is 6.07 Å². The van der Waals surface area contributed by atoms with Gasteiger partial charge in [-0.15, -0.1) is 0 Å². The first kappa shape index (κ1) is 9.08. The van der Waals surface area contributed by atoms with Crippen molar-refractivity contribution in [2.24, 2.45) is 5.92 Å². The number of benzene rings is 1. The van der Waals surface area contributed by atoms with Gasteiger partial charge in [0.15, 0.2) is 0 Å². The molecule has 14 heavy (non-hydrogen) atoms. The maximum Gasteiger partial charge on any atom is 0.0662 e. The van der Waals surface area contributed by atoms with E-state index >= 15 is 0 Å². The monoisotopic (exact) mass is 186 g/mol. The highest BCUT2D eigenvalue weighted by molar-refractivity contribution is 5.46. The topological polar surface area (TPSA) is 49.8 Å². The Balaban J connectivity index is 2.32. The molecule has 2 rings (SSSR count). The second-order valence-corrected chi connectivity index (χ2v) is 4.04. The van der Waals surface area contributed by atoms with E-state index in [-0.39, 0.29) is 5.92 Å². The summed E-state index contributed by atoms with van der Waals surface area (Å²) in [6, 6.07) is 8.33. The second-order valence-electron chi connectivity index (χ2n) is 4.04. The van der Waals surface area contributed by atoms with Gasteiger partial charge in [0, 0.05) is 11.6 Å². The highest BCUT2D eigenvalue weighted by Crippen LogP contribution is 2.43. The molecule has 0 amide bonds. The van der Waals surface area contributed by atoms with Gasteiger partial charge >= 0.3 is 0 Å². The van der Waals surface area contributed by atoms with Gasteiger partial charge in [-0.1, -0.05) is 6.07 Å². The summed E-state index contributed by atoms with van der Waals surface area (Å²) in [5, 5.41) is 8.90. The summed E-state index contributed by atoms with van der Waals surface area (Å²) in [4.78, 5) is 0. The molecule has 1 fully saturated rings. The molecule has 1 saturated carbocycles. The van der Waals surface area contributed by atoms with Crippen LogP contribution in [0, 0.1) is 24.2 Å². The third-order valence-corrected chi connectivity index (χ3v) is 3.14. The van der Waals surface area contributed by atoms with Crippen molar-refractivity contribution >= 4 is 5.69 Å². The molecular weight excluding hydrogens is 172 g/mol. The average molecular weight is 186 g/mol. The average Bonchev–Trinajstić information content (AvgIpc) is 2.10. The third-order valence-electron chi connectivity index (χ3n) is 3.14. The highest BCUT2D eigenvalue weighted by atomic mass is 14.5. The minimum absolute atomic E-state index is 0.204. The van der Waals surface area contributed by atoms with Crippen LogP contribution in [0.1, 0.15) is 29.9 Å². The Morgan fingerprint density at radius 3 is 2.79 bits per heavy atom. The number of nitrogens with two attached hydrogens (primary N) is 1. The van der Waals surface area contributed by atoms with Crippen molar-refractivity contribution in [2.75, 3.05) is 5.73 Å². The lowest BCUT2D eigenvalue weighted by atomic mass is 9.70. The predicted molar refractivity (Wildman–Crippen MR) is 56.7 cm³/mol. The summed E-state index contributed by atoms with van der Waals surface area (Å²) in [7, 11) is 0. The zero-order valence-electron chi connectivity index (χ0n) is 8.33. The molecule has 1 aliphatic carbocycles. The second kappa shape index (κ2) is 3.34. The standard InChI is InChI=1S/C12H14N2/c1-8-2-4-10(14)6-12(8)11-5-3-9(11)7-13/h2,4,6,9,11H,3,5,14H2,1H3/t9-,11+/m0/s1. The Bertz CT molecular complexity index is 390. The van der Waals surface area contributed by atoms with Crippen LogP contribution in [0.25, 0.3) is 0 Å². The van der Waals surface area contributed by atoms with Crippen LogP contribution >= 0.6 is 0 Å². The van der Waals surface area contributed by atoms with E-state index in [4.69, 9.17) is 11.0 Å². The highest BCUT2D eigenvalue weighted by Gasteiger charge is 2.32. The molecule has 0 spiro atoms. The summed E-state index contributed by atoms with van der Waals surface area (Å²) in [6.45, 7) is 2.08. The number of anilines is 1. The van der Waals surface area contributed by atoms with E-state index in [1.807, 2.05) is 18.2 Å². The van der Waals surface area contributed by atoms with E-state index in [0.717, 1.165) is 18.5 Å². The van der Waals surface area contributed by atoms with Crippen LogP contribution in [-0.4, -0.2) is 0 Å². The first-order chi connectivity index (χ1) is 6.72. The van der Waals surface area contributed by atoms with Gasteiger partial charge in [0.25, 0.3) is 0 Å². The van der Waals surface area contributed by atoms with E-state index in [1.54, 1.807) is 0 Å². The zero-order chi connectivity index (χ0) is 10.1. The molecule has 72 valence electrons. The Labute approximate surface area is 84.3 Å². The number of nitrogens with zero attached hydrogens (tertiary/aromatic N) is 1. The lowest BCUT2D eigenvalue weighted by Gasteiger charge is -2.33. The summed E-state index contributed by atoms with van der Waals surface area (Å²) in [5.41, 5.74) is 9.07. The van der Waals surface area contributed by atoms with Gasteiger partial charge < -0.3 is 5.73 Å². The SMILES string of the molecule is Cc1ccc(N)cc1[C@@H]1CC[C@H]1C#N. The predicted octanol–water partition coefficient (Wildman–Crippen LogP) is 2.59. The zero-order valence-corrected chi connectivity index (χ0v) is 8.33. The molecule has 0 heterocycles. The normalized spacial score (nSPS) is 25.1. The van der Waals surface area contributed by atoms with Gasteiger partial charge in [-0.25, -0.2) is 0 Å². The molecule has 0 aromatic heterocycles. The van der Waals surface area contributed by atoms with E-state index in [9.17, 15) is 0 Å². The number of nitriles is 1. The summed E-state index contributed by atoms with van der Waals surface area (Å²) in [5.74, 6) is 0.624. The Morgan fingerprint density at radius 2 is 2.21 bits per heavy atom. The molecule has 2 heteroatoms. The van der Waals surface area contributed by atoms with E-state index < -0.39 is 0 Å². The van der Waals surface area contributed by atoms with Crippen LogP contribution in [0.15, 0.2) is 18.2 Å². The van der Waals surface area contributed by atoms with Crippen LogP contribution < -0.4 is 5.73 Å². The van der Waals surface area contributed by atoms with Crippen molar-refractivity contribution in [1.29, 1.82) is 5.26 Å². The molecule has 2 nitrogen and oxygen atoms in total. The fraction of sp³-hybridized carbons (Fsp3) is 0.417. The van der Waals surface area contributed by atoms with E-state index in [0.29, 0.717) is 5.92 Å². The summed E-state index contributed by atoms with van der Waals surface area (Å²) in [6.07, 6.45) is 2.16. The molecule has 2 N–H and O–H groups in total. The van der Waals surface area contributed by atoms with Crippen molar-refractivity contribution in [3.05, 3.63) is 29.3 Å². The van der Waals surface area contributed by atoms with Crippen LogP contribution in [0.2, 0.25) is 0 Å². The molecule has 1 aliphatic rings. The molecule has 1 aromatic rings. The van der Waals surface area contributed by atoms with Gasteiger partial charge in [-0.3, -0.25) is 0 Å². The van der Waals surface area contributed by atoms with Crippen LogP contribution in [0.4, 0.5) is 5.69 Å². The number of nitrogen functional groups attached to an aromatic ring is 1. The number of rotatable bonds is 1. The van der Waals surface area contributed by atoms with E-state index in [1.165, 1.54) is 11.1 Å². The Kier molecular flexibility index (Phi) is 2.17. The maximum absolute atomic E-state index is 8.90. The largest absolute Gasteiger partial charge is 0.399 e. The van der Waals surface area contributed by atoms with Crippen molar-refractivity contribution in [3.63, 3.8) is 0 Å². The molecule has 0 radical (unpaired) electrons. The molecular formula is C12H14N2. The Hall–Kier alpha value is -1.49. The number of aryl methyl sites for hydroxylation is 1. The van der Waals surface area contributed by atoms with Crippen molar-refractivity contribution in [2.45, 2.75) is 25.7 Å². The number of hydrogen-bond acceptors (Lipinski definition) is 2. The molecule has 0 unspecified atom stereocenters. The summed E-state index contributed by atoms with van der Waals surface area (Å²) >= 11 is 0. The van der Waals surface area contributed by atoms with Gasteiger partial charge in [0.2, 0.25) is 0 Å². The molecule has 0 bridgehead atoms. The molecule has 1 aromatic carbocycles. The van der Waals surface area contributed by atoms with Crippen molar-refractivity contribution in [1.82, 2.24) is 0 Å². The fourth-order valence-electron chi connectivity index (χ4n) is 2.09. The third kappa shape index (κ3) is 1.35. The first-order valence-corrected chi connectivity index (χ1v) is 4.98. The lowest BCUT2D eigenvalue weighted by Crippen LogP contribution is -2.23. The van der Waals surface area contributed by atoms with Crippen molar-refractivity contribution < 1.29 is 0 Å². The van der Waals surface area contributed by atoms with E-state index in [2.05, 4.69) is 13.0 Å². The molecule has 0 aliphatic heterocycles.